The van der Waals surface area contributed by atoms with Crippen molar-refractivity contribution in [3.63, 3.8) is 0 Å². The van der Waals surface area contributed by atoms with Crippen LogP contribution in [0.3, 0.4) is 0 Å². The van der Waals surface area contributed by atoms with Crippen molar-refractivity contribution in [3.05, 3.63) is 0 Å². The number of hydrogen-bond donors (Lipinski definition) is 0. The maximum Gasteiger partial charge on any atom is 0.222 e. The number of carbonyl (C=O) groups is 1. The fraction of sp³-hybridized carbons (Fsp3) is 0.929. The van der Waals surface area contributed by atoms with Gasteiger partial charge in [-0.1, -0.05) is 19.8 Å². The summed E-state index contributed by atoms with van der Waals surface area (Å²) in [5.74, 6) is 0.333. The lowest BCUT2D eigenvalue weighted by atomic mass is 10.0. The molecule has 0 unspecified atom stereocenters. The van der Waals surface area contributed by atoms with Crippen molar-refractivity contribution in [1.82, 2.24) is 9.80 Å². The second-order valence-electron chi connectivity index (χ2n) is 5.42. The minimum absolute atomic E-state index is 0.333. The molecular formula is C14H26N2O. The summed E-state index contributed by atoms with van der Waals surface area (Å²) in [6, 6.07) is 0.744. The predicted octanol–water partition coefficient (Wildman–Crippen LogP) is 2.26. The molecule has 2 heterocycles. The predicted molar refractivity (Wildman–Crippen MR) is 69.9 cm³/mol. The molecular weight excluding hydrogens is 212 g/mol. The van der Waals surface area contributed by atoms with Gasteiger partial charge in [0.2, 0.25) is 5.91 Å². The Balaban J connectivity index is 1.79. The molecule has 2 fully saturated rings. The second-order valence-corrected chi connectivity index (χ2v) is 5.42. The molecule has 0 bridgehead atoms. The lowest BCUT2D eigenvalue weighted by molar-refractivity contribution is -0.132. The Morgan fingerprint density at radius 2 is 1.59 bits per heavy atom. The van der Waals surface area contributed by atoms with Crippen molar-refractivity contribution in [3.8, 4) is 0 Å². The van der Waals surface area contributed by atoms with Crippen molar-refractivity contribution < 1.29 is 4.79 Å². The minimum atomic E-state index is 0.333. The number of amides is 1. The molecule has 0 aromatic carbocycles. The van der Waals surface area contributed by atoms with E-state index < -0.39 is 0 Å². The Morgan fingerprint density at radius 1 is 1.00 bits per heavy atom. The summed E-state index contributed by atoms with van der Waals surface area (Å²) < 4.78 is 0. The zero-order valence-corrected chi connectivity index (χ0v) is 11.2. The minimum Gasteiger partial charge on any atom is -0.343 e. The van der Waals surface area contributed by atoms with E-state index in [-0.39, 0.29) is 0 Å². The van der Waals surface area contributed by atoms with E-state index in [0.717, 1.165) is 19.1 Å². The Labute approximate surface area is 105 Å². The molecule has 0 aromatic rings. The topological polar surface area (TPSA) is 23.6 Å². The molecule has 0 aliphatic carbocycles. The number of nitrogens with zero attached hydrogens (tertiary/aromatic N) is 2. The Kier molecular flexibility index (Phi) is 4.84. The smallest absolute Gasteiger partial charge is 0.222 e. The molecule has 0 spiro atoms. The van der Waals surface area contributed by atoms with E-state index in [1.165, 1.54) is 51.6 Å². The SMILES string of the molecule is CCC(=O)N1CCC(N2CCCCCC2)CC1. The van der Waals surface area contributed by atoms with Crippen LogP contribution in [-0.2, 0) is 4.79 Å². The van der Waals surface area contributed by atoms with Crippen molar-refractivity contribution in [2.45, 2.75) is 57.9 Å². The molecule has 2 saturated heterocycles. The zero-order valence-electron chi connectivity index (χ0n) is 11.2. The molecule has 98 valence electrons. The maximum absolute atomic E-state index is 11.6. The quantitative estimate of drug-likeness (QED) is 0.737. The van der Waals surface area contributed by atoms with Gasteiger partial charge >= 0.3 is 0 Å². The van der Waals surface area contributed by atoms with Crippen LogP contribution >= 0.6 is 0 Å². The number of rotatable bonds is 2. The first-order valence-corrected chi connectivity index (χ1v) is 7.33. The van der Waals surface area contributed by atoms with Gasteiger partial charge in [0.25, 0.3) is 0 Å². The van der Waals surface area contributed by atoms with Gasteiger partial charge in [0, 0.05) is 25.6 Å². The average Bonchev–Trinajstić information content (AvgIpc) is 2.67. The summed E-state index contributed by atoms with van der Waals surface area (Å²) in [4.78, 5) is 16.3. The first-order chi connectivity index (χ1) is 8.31. The number of piperidine rings is 1. The van der Waals surface area contributed by atoms with Crippen LogP contribution in [0.2, 0.25) is 0 Å². The highest BCUT2D eigenvalue weighted by Crippen LogP contribution is 2.20. The van der Waals surface area contributed by atoms with Gasteiger partial charge in [0.15, 0.2) is 0 Å². The van der Waals surface area contributed by atoms with Gasteiger partial charge in [-0.3, -0.25) is 4.79 Å². The van der Waals surface area contributed by atoms with Gasteiger partial charge in [0.1, 0.15) is 0 Å². The summed E-state index contributed by atoms with van der Waals surface area (Å²) in [5, 5.41) is 0. The summed E-state index contributed by atoms with van der Waals surface area (Å²) in [5.41, 5.74) is 0. The Bertz CT molecular complexity index is 239. The third kappa shape index (κ3) is 3.44. The molecule has 0 saturated carbocycles. The second kappa shape index (κ2) is 6.39. The van der Waals surface area contributed by atoms with E-state index in [0.29, 0.717) is 12.3 Å². The van der Waals surface area contributed by atoms with Crippen LogP contribution in [0, 0.1) is 0 Å². The average molecular weight is 238 g/mol. The van der Waals surface area contributed by atoms with Crippen LogP contribution in [0.1, 0.15) is 51.9 Å². The largest absolute Gasteiger partial charge is 0.343 e. The van der Waals surface area contributed by atoms with Crippen molar-refractivity contribution in [2.75, 3.05) is 26.2 Å². The molecule has 2 aliphatic heterocycles. The molecule has 2 aliphatic rings. The summed E-state index contributed by atoms with van der Waals surface area (Å²) in [7, 11) is 0. The van der Waals surface area contributed by atoms with Gasteiger partial charge in [0.05, 0.1) is 0 Å². The molecule has 0 N–H and O–H groups in total. The van der Waals surface area contributed by atoms with Gasteiger partial charge in [-0.15, -0.1) is 0 Å². The fourth-order valence-corrected chi connectivity index (χ4v) is 3.16. The summed E-state index contributed by atoms with van der Waals surface area (Å²) in [6.45, 7) is 6.49. The van der Waals surface area contributed by atoms with Crippen LogP contribution in [0.5, 0.6) is 0 Å². The highest BCUT2D eigenvalue weighted by Gasteiger charge is 2.26. The molecule has 0 radical (unpaired) electrons. The lowest BCUT2D eigenvalue weighted by Gasteiger charge is -2.38. The fourth-order valence-electron chi connectivity index (χ4n) is 3.16. The van der Waals surface area contributed by atoms with Gasteiger partial charge in [-0.05, 0) is 38.8 Å². The molecule has 17 heavy (non-hydrogen) atoms. The highest BCUT2D eigenvalue weighted by molar-refractivity contribution is 5.75. The van der Waals surface area contributed by atoms with E-state index in [1.807, 2.05) is 11.8 Å². The standard InChI is InChI=1S/C14H26N2O/c1-2-14(17)16-11-7-13(8-12-16)15-9-5-3-4-6-10-15/h13H,2-12H2,1H3. The van der Waals surface area contributed by atoms with Gasteiger partial charge in [-0.2, -0.15) is 0 Å². The normalized spacial score (nSPS) is 24.6. The Hall–Kier alpha value is -0.570. The molecule has 0 aromatic heterocycles. The molecule has 1 amide bonds. The summed E-state index contributed by atoms with van der Waals surface area (Å²) in [6.07, 6.45) is 8.58. The molecule has 3 heteroatoms. The molecule has 2 rings (SSSR count). The van der Waals surface area contributed by atoms with Crippen molar-refractivity contribution >= 4 is 5.91 Å². The van der Waals surface area contributed by atoms with E-state index in [9.17, 15) is 4.79 Å². The number of carbonyl (C=O) groups excluding carboxylic acids is 1. The van der Waals surface area contributed by atoms with E-state index in [2.05, 4.69) is 4.90 Å². The first kappa shape index (κ1) is 12.9. The maximum atomic E-state index is 11.6. The highest BCUT2D eigenvalue weighted by atomic mass is 16.2. The third-order valence-corrected chi connectivity index (χ3v) is 4.28. The zero-order chi connectivity index (χ0) is 12.1. The van der Waals surface area contributed by atoms with Gasteiger partial charge < -0.3 is 9.80 Å². The third-order valence-electron chi connectivity index (χ3n) is 4.28. The van der Waals surface area contributed by atoms with E-state index in [4.69, 9.17) is 0 Å². The van der Waals surface area contributed by atoms with Gasteiger partial charge in [-0.25, -0.2) is 0 Å². The van der Waals surface area contributed by atoms with Crippen LogP contribution in [-0.4, -0.2) is 47.9 Å². The lowest BCUT2D eigenvalue weighted by Crippen LogP contribution is -2.46. The van der Waals surface area contributed by atoms with Crippen LogP contribution < -0.4 is 0 Å². The van der Waals surface area contributed by atoms with Crippen molar-refractivity contribution in [1.29, 1.82) is 0 Å². The molecule has 0 atom stereocenters. The van der Waals surface area contributed by atoms with E-state index >= 15 is 0 Å². The molecule has 3 nitrogen and oxygen atoms in total. The van der Waals surface area contributed by atoms with Crippen LogP contribution in [0.15, 0.2) is 0 Å². The number of hydrogen-bond acceptors (Lipinski definition) is 2. The monoisotopic (exact) mass is 238 g/mol. The van der Waals surface area contributed by atoms with Crippen LogP contribution in [0.4, 0.5) is 0 Å². The van der Waals surface area contributed by atoms with E-state index in [1.54, 1.807) is 0 Å². The number of likely N-dealkylation sites (tertiary alicyclic amines) is 2. The van der Waals surface area contributed by atoms with Crippen molar-refractivity contribution in [2.24, 2.45) is 0 Å². The van der Waals surface area contributed by atoms with Crippen LogP contribution in [0.25, 0.3) is 0 Å². The summed E-state index contributed by atoms with van der Waals surface area (Å²) >= 11 is 0. The first-order valence-electron chi connectivity index (χ1n) is 7.33. The Morgan fingerprint density at radius 3 is 2.12 bits per heavy atom.